The molecule has 0 amide bonds. The van der Waals surface area contributed by atoms with E-state index in [1.807, 2.05) is 0 Å². The smallest absolute Gasteiger partial charge is 0.264 e. The molecule has 16 heavy (non-hydrogen) atoms. The van der Waals surface area contributed by atoms with E-state index in [1.165, 1.54) is 24.8 Å². The van der Waals surface area contributed by atoms with Gasteiger partial charge in [-0.3, -0.25) is 4.79 Å². The molecule has 1 nitrogen and oxygen atoms in total. The van der Waals surface area contributed by atoms with Gasteiger partial charge in [0.1, 0.15) is 5.38 Å². The maximum atomic E-state index is 12.8. The fraction of sp³-hybridized carbons (Fsp3) is 0.364. The van der Waals surface area contributed by atoms with Crippen LogP contribution in [0.5, 0.6) is 0 Å². The molecule has 0 aliphatic heterocycles. The Morgan fingerprint density at radius 3 is 2.50 bits per heavy atom. The van der Waals surface area contributed by atoms with Crippen molar-refractivity contribution >= 4 is 29.1 Å². The Morgan fingerprint density at radius 2 is 2.06 bits per heavy atom. The summed E-state index contributed by atoms with van der Waals surface area (Å²) in [5.41, 5.74) is 0.0706. The van der Waals surface area contributed by atoms with Crippen LogP contribution in [0.2, 0.25) is 0 Å². The number of benzene rings is 1. The van der Waals surface area contributed by atoms with E-state index in [9.17, 15) is 13.6 Å². The summed E-state index contributed by atoms with van der Waals surface area (Å²) in [5.74, 6) is -0.329. The number of carbonyl (C=O) groups excluding carboxylic acids is 1. The first-order valence-corrected chi connectivity index (χ1v) is 6.24. The highest BCUT2D eigenvalue weighted by Gasteiger charge is 2.24. The maximum Gasteiger partial charge on any atom is 0.264 e. The lowest BCUT2D eigenvalue weighted by atomic mass is 10.0. The number of ketones is 1. The highest BCUT2D eigenvalue weighted by Crippen LogP contribution is 2.37. The molecular formula is C11H11ClF2OS. The molecule has 0 saturated heterocycles. The molecule has 88 valence electrons. The van der Waals surface area contributed by atoms with Crippen LogP contribution in [0.3, 0.4) is 0 Å². The highest BCUT2D eigenvalue weighted by atomic mass is 35.5. The third kappa shape index (κ3) is 2.74. The van der Waals surface area contributed by atoms with E-state index >= 15 is 0 Å². The SMILES string of the molecule is CSc1cccc(C(F)F)c1C(Cl)C(C)=O. The normalized spacial score (nSPS) is 12.9. The van der Waals surface area contributed by atoms with Gasteiger partial charge in [-0.25, -0.2) is 8.78 Å². The fourth-order valence-electron chi connectivity index (χ4n) is 1.40. The fourth-order valence-corrected chi connectivity index (χ4v) is 2.38. The average molecular weight is 265 g/mol. The van der Waals surface area contributed by atoms with Gasteiger partial charge in [-0.05, 0) is 24.8 Å². The molecule has 0 radical (unpaired) electrons. The molecule has 5 heteroatoms. The molecule has 1 aromatic rings. The van der Waals surface area contributed by atoms with Crippen molar-refractivity contribution in [2.75, 3.05) is 6.26 Å². The lowest BCUT2D eigenvalue weighted by Crippen LogP contribution is -2.07. The van der Waals surface area contributed by atoms with Gasteiger partial charge in [0, 0.05) is 10.5 Å². The van der Waals surface area contributed by atoms with Crippen LogP contribution >= 0.6 is 23.4 Å². The van der Waals surface area contributed by atoms with E-state index in [0.717, 1.165) is 0 Å². The van der Waals surface area contributed by atoms with E-state index in [1.54, 1.807) is 18.4 Å². The standard InChI is InChI=1S/C11H11ClF2OS/c1-6(15)10(12)9-7(11(13)14)4-3-5-8(9)16-2/h3-5,10-11H,1-2H3. The molecule has 1 atom stereocenters. The van der Waals surface area contributed by atoms with Crippen LogP contribution in [0.15, 0.2) is 23.1 Å². The van der Waals surface area contributed by atoms with Gasteiger partial charge in [0.15, 0.2) is 5.78 Å². The van der Waals surface area contributed by atoms with Gasteiger partial charge in [0.05, 0.1) is 0 Å². The van der Waals surface area contributed by atoms with Crippen LogP contribution in [0.25, 0.3) is 0 Å². The first-order chi connectivity index (χ1) is 7.49. The number of hydrogen-bond acceptors (Lipinski definition) is 2. The topological polar surface area (TPSA) is 17.1 Å². The third-order valence-corrected chi connectivity index (χ3v) is 3.49. The Labute approximate surface area is 102 Å². The van der Waals surface area contributed by atoms with Gasteiger partial charge in [0.25, 0.3) is 6.43 Å². The molecule has 0 aliphatic rings. The van der Waals surface area contributed by atoms with E-state index in [0.29, 0.717) is 4.90 Å². The number of hydrogen-bond donors (Lipinski definition) is 0. The minimum absolute atomic E-state index is 0.165. The average Bonchev–Trinajstić information content (AvgIpc) is 2.26. The van der Waals surface area contributed by atoms with Gasteiger partial charge in [-0.2, -0.15) is 0 Å². The molecular weight excluding hydrogens is 254 g/mol. The van der Waals surface area contributed by atoms with E-state index in [4.69, 9.17) is 11.6 Å². The Morgan fingerprint density at radius 1 is 1.44 bits per heavy atom. The summed E-state index contributed by atoms with van der Waals surface area (Å²) < 4.78 is 25.6. The Hall–Kier alpha value is -0.610. The Bertz CT molecular complexity index is 396. The second kappa shape index (κ2) is 5.64. The highest BCUT2D eigenvalue weighted by molar-refractivity contribution is 7.98. The first-order valence-electron chi connectivity index (χ1n) is 4.58. The van der Waals surface area contributed by atoms with Gasteiger partial charge >= 0.3 is 0 Å². The van der Waals surface area contributed by atoms with Gasteiger partial charge in [0.2, 0.25) is 0 Å². The predicted octanol–water partition coefficient (Wildman–Crippen LogP) is 4.22. The van der Waals surface area contributed by atoms with E-state index in [-0.39, 0.29) is 16.9 Å². The van der Waals surface area contributed by atoms with Gasteiger partial charge < -0.3 is 0 Å². The van der Waals surface area contributed by atoms with Crippen LogP contribution in [-0.4, -0.2) is 12.0 Å². The van der Waals surface area contributed by atoms with Crippen molar-refractivity contribution in [2.24, 2.45) is 0 Å². The maximum absolute atomic E-state index is 12.8. The van der Waals surface area contributed by atoms with Crippen LogP contribution in [0, 0.1) is 0 Å². The molecule has 1 rings (SSSR count). The summed E-state index contributed by atoms with van der Waals surface area (Å²) >= 11 is 7.18. The number of Topliss-reactive ketones (excluding diaryl/α,β-unsaturated/α-hetero) is 1. The number of halogens is 3. The zero-order valence-electron chi connectivity index (χ0n) is 8.84. The molecule has 0 heterocycles. The third-order valence-electron chi connectivity index (χ3n) is 2.17. The quantitative estimate of drug-likeness (QED) is 0.598. The van der Waals surface area contributed by atoms with Gasteiger partial charge in [-0.15, -0.1) is 23.4 Å². The summed E-state index contributed by atoms with van der Waals surface area (Å²) in [6.45, 7) is 1.30. The lowest BCUT2D eigenvalue weighted by molar-refractivity contribution is -0.116. The second-order valence-corrected chi connectivity index (χ2v) is 4.52. The van der Waals surface area contributed by atoms with Crippen molar-refractivity contribution in [3.05, 3.63) is 29.3 Å². The molecule has 0 spiro atoms. The lowest BCUT2D eigenvalue weighted by Gasteiger charge is -2.15. The molecule has 1 aromatic carbocycles. The number of carbonyl (C=O) groups is 1. The molecule has 0 fully saturated rings. The molecule has 0 aromatic heterocycles. The summed E-state index contributed by atoms with van der Waals surface area (Å²) in [6.07, 6.45) is -0.861. The van der Waals surface area contributed by atoms with Crippen LogP contribution in [-0.2, 0) is 4.79 Å². The summed E-state index contributed by atoms with van der Waals surface area (Å²) in [6, 6.07) is 4.53. The minimum atomic E-state index is -2.62. The minimum Gasteiger partial charge on any atom is -0.298 e. The second-order valence-electron chi connectivity index (χ2n) is 3.24. The van der Waals surface area contributed by atoms with Crippen molar-refractivity contribution in [2.45, 2.75) is 23.6 Å². The van der Waals surface area contributed by atoms with Crippen LogP contribution < -0.4 is 0 Å². The molecule has 0 bridgehead atoms. The first kappa shape index (κ1) is 13.5. The van der Waals surface area contributed by atoms with Crippen molar-refractivity contribution in [3.63, 3.8) is 0 Å². The Balaban J connectivity index is 3.35. The van der Waals surface area contributed by atoms with Crippen molar-refractivity contribution in [1.82, 2.24) is 0 Å². The summed E-state index contributed by atoms with van der Waals surface area (Å²) in [5, 5.41) is -1.01. The zero-order valence-corrected chi connectivity index (χ0v) is 10.4. The summed E-state index contributed by atoms with van der Waals surface area (Å²) in [7, 11) is 0. The number of rotatable bonds is 4. The Kier molecular flexibility index (Phi) is 4.74. The van der Waals surface area contributed by atoms with Crippen molar-refractivity contribution in [1.29, 1.82) is 0 Å². The van der Waals surface area contributed by atoms with Gasteiger partial charge in [-0.1, -0.05) is 12.1 Å². The monoisotopic (exact) mass is 264 g/mol. The largest absolute Gasteiger partial charge is 0.298 e. The molecule has 1 unspecified atom stereocenters. The molecule has 0 saturated carbocycles. The number of alkyl halides is 3. The van der Waals surface area contributed by atoms with Crippen LogP contribution in [0.4, 0.5) is 8.78 Å². The number of thioether (sulfide) groups is 1. The van der Waals surface area contributed by atoms with Crippen molar-refractivity contribution in [3.8, 4) is 0 Å². The zero-order chi connectivity index (χ0) is 12.3. The van der Waals surface area contributed by atoms with E-state index < -0.39 is 11.8 Å². The molecule has 0 aliphatic carbocycles. The van der Waals surface area contributed by atoms with Crippen molar-refractivity contribution < 1.29 is 13.6 Å². The van der Waals surface area contributed by atoms with Crippen LogP contribution in [0.1, 0.15) is 29.9 Å². The summed E-state index contributed by atoms with van der Waals surface area (Å²) in [4.78, 5) is 11.8. The van der Waals surface area contributed by atoms with E-state index in [2.05, 4.69) is 0 Å². The predicted molar refractivity (Wildman–Crippen MR) is 62.5 cm³/mol. The molecule has 0 N–H and O–H groups in total.